The van der Waals surface area contributed by atoms with Crippen LogP contribution in [-0.4, -0.2) is 34.2 Å². The molecule has 0 unspecified atom stereocenters. The van der Waals surface area contributed by atoms with Crippen LogP contribution in [0.5, 0.6) is 0 Å². The smallest absolute Gasteiger partial charge is 0.209 e. The first kappa shape index (κ1) is 11.9. The molecule has 0 saturated heterocycles. The maximum Gasteiger partial charge on any atom is 0.209 e. The molecule has 0 spiro atoms. The van der Waals surface area contributed by atoms with Gasteiger partial charge in [0.25, 0.3) is 0 Å². The molecule has 1 fully saturated rings. The van der Waals surface area contributed by atoms with Crippen molar-refractivity contribution in [2.75, 3.05) is 13.2 Å². The number of aliphatic hydroxyl groups excluding tert-OH is 1. The standard InChI is InChI=1S/C13H16N2O2S/c16-6-5-15(10-3-4-10)9-13-14-8-11(17-13)12-2-1-7-18-12/h1-2,7-8,10,16H,3-6,9H2. The summed E-state index contributed by atoms with van der Waals surface area (Å²) in [6.07, 6.45) is 4.22. The number of rotatable bonds is 6. The topological polar surface area (TPSA) is 49.5 Å². The number of aromatic nitrogens is 1. The first-order valence-corrected chi connectivity index (χ1v) is 7.08. The first-order valence-electron chi connectivity index (χ1n) is 6.20. The fourth-order valence-corrected chi connectivity index (χ4v) is 2.72. The molecular weight excluding hydrogens is 248 g/mol. The highest BCUT2D eigenvalue weighted by Crippen LogP contribution is 2.29. The van der Waals surface area contributed by atoms with E-state index in [0.29, 0.717) is 19.1 Å². The number of oxazole rings is 1. The molecule has 2 aromatic heterocycles. The second kappa shape index (κ2) is 5.22. The molecule has 96 valence electrons. The van der Waals surface area contributed by atoms with Crippen LogP contribution in [-0.2, 0) is 6.54 Å². The van der Waals surface area contributed by atoms with Crippen molar-refractivity contribution in [2.45, 2.75) is 25.4 Å². The molecule has 4 nitrogen and oxygen atoms in total. The Balaban J connectivity index is 1.69. The summed E-state index contributed by atoms with van der Waals surface area (Å²) in [5.74, 6) is 1.57. The lowest BCUT2D eigenvalue weighted by molar-refractivity contribution is 0.172. The van der Waals surface area contributed by atoms with Gasteiger partial charge in [-0.25, -0.2) is 4.98 Å². The van der Waals surface area contributed by atoms with Crippen molar-refractivity contribution in [1.29, 1.82) is 0 Å². The molecule has 0 aromatic carbocycles. The number of thiophene rings is 1. The molecule has 1 N–H and O–H groups in total. The van der Waals surface area contributed by atoms with Crippen molar-refractivity contribution >= 4 is 11.3 Å². The third-order valence-corrected chi connectivity index (χ3v) is 3.99. The van der Waals surface area contributed by atoms with Gasteiger partial charge in [0.1, 0.15) is 0 Å². The van der Waals surface area contributed by atoms with Gasteiger partial charge in [0.05, 0.1) is 24.2 Å². The van der Waals surface area contributed by atoms with Gasteiger partial charge in [-0.2, -0.15) is 0 Å². The van der Waals surface area contributed by atoms with Gasteiger partial charge in [-0.3, -0.25) is 4.90 Å². The maximum absolute atomic E-state index is 9.06. The van der Waals surface area contributed by atoms with E-state index in [4.69, 9.17) is 9.52 Å². The predicted octanol–water partition coefficient (Wildman–Crippen LogP) is 2.36. The fourth-order valence-electron chi connectivity index (χ4n) is 2.05. The minimum absolute atomic E-state index is 0.189. The molecule has 1 aliphatic carbocycles. The van der Waals surface area contributed by atoms with Crippen LogP contribution in [0.4, 0.5) is 0 Å². The van der Waals surface area contributed by atoms with Gasteiger partial charge >= 0.3 is 0 Å². The molecule has 5 heteroatoms. The van der Waals surface area contributed by atoms with Gasteiger partial charge in [0.2, 0.25) is 5.89 Å². The summed E-state index contributed by atoms with van der Waals surface area (Å²) in [6, 6.07) is 4.64. The molecule has 1 saturated carbocycles. The van der Waals surface area contributed by atoms with Crippen molar-refractivity contribution in [3.8, 4) is 10.6 Å². The van der Waals surface area contributed by atoms with Crippen molar-refractivity contribution in [1.82, 2.24) is 9.88 Å². The van der Waals surface area contributed by atoms with E-state index < -0.39 is 0 Å². The van der Waals surface area contributed by atoms with Gasteiger partial charge in [-0.1, -0.05) is 6.07 Å². The Hall–Kier alpha value is -1.17. The molecule has 1 aliphatic rings. The Kier molecular flexibility index (Phi) is 3.45. The van der Waals surface area contributed by atoms with Gasteiger partial charge in [-0.15, -0.1) is 11.3 Å². The molecule has 18 heavy (non-hydrogen) atoms. The summed E-state index contributed by atoms with van der Waals surface area (Å²) in [5.41, 5.74) is 0. The van der Waals surface area contributed by atoms with Crippen LogP contribution in [0.3, 0.4) is 0 Å². The van der Waals surface area contributed by atoms with Crippen LogP contribution in [0.1, 0.15) is 18.7 Å². The molecule has 2 aromatic rings. The van der Waals surface area contributed by atoms with Crippen LogP contribution in [0, 0.1) is 0 Å². The normalized spacial score (nSPS) is 15.4. The van der Waals surface area contributed by atoms with E-state index in [1.807, 2.05) is 17.5 Å². The lowest BCUT2D eigenvalue weighted by Gasteiger charge is -2.18. The quantitative estimate of drug-likeness (QED) is 0.870. The lowest BCUT2D eigenvalue weighted by Crippen LogP contribution is -2.28. The lowest BCUT2D eigenvalue weighted by atomic mass is 10.4. The predicted molar refractivity (Wildman–Crippen MR) is 70.3 cm³/mol. The summed E-state index contributed by atoms with van der Waals surface area (Å²) in [7, 11) is 0. The van der Waals surface area contributed by atoms with E-state index in [-0.39, 0.29) is 6.61 Å². The average Bonchev–Trinajstić information content (AvgIpc) is 2.90. The molecule has 0 amide bonds. The van der Waals surface area contributed by atoms with Crippen LogP contribution in [0.2, 0.25) is 0 Å². The number of aliphatic hydroxyl groups is 1. The molecule has 0 bridgehead atoms. The van der Waals surface area contributed by atoms with Crippen molar-refractivity contribution in [2.24, 2.45) is 0 Å². The zero-order valence-corrected chi connectivity index (χ0v) is 10.9. The molecule has 0 radical (unpaired) electrons. The minimum atomic E-state index is 0.189. The van der Waals surface area contributed by atoms with E-state index in [1.165, 1.54) is 12.8 Å². The summed E-state index contributed by atoms with van der Waals surface area (Å²) < 4.78 is 5.76. The Bertz CT molecular complexity index is 491. The molecular formula is C13H16N2O2S. The van der Waals surface area contributed by atoms with E-state index in [2.05, 4.69) is 9.88 Å². The minimum Gasteiger partial charge on any atom is -0.438 e. The molecule has 0 atom stereocenters. The second-order valence-electron chi connectivity index (χ2n) is 4.52. The zero-order chi connectivity index (χ0) is 12.4. The highest BCUT2D eigenvalue weighted by atomic mass is 32.1. The van der Waals surface area contributed by atoms with E-state index in [1.54, 1.807) is 17.5 Å². The Morgan fingerprint density at radius 1 is 1.50 bits per heavy atom. The van der Waals surface area contributed by atoms with Gasteiger partial charge in [0, 0.05) is 12.6 Å². The summed E-state index contributed by atoms with van der Waals surface area (Å²) in [4.78, 5) is 7.67. The summed E-state index contributed by atoms with van der Waals surface area (Å²) in [5, 5.41) is 11.1. The van der Waals surface area contributed by atoms with Gasteiger partial charge < -0.3 is 9.52 Å². The van der Waals surface area contributed by atoms with E-state index in [9.17, 15) is 0 Å². The Labute approximate surface area is 110 Å². The van der Waals surface area contributed by atoms with Crippen LogP contribution in [0.25, 0.3) is 10.6 Å². The third-order valence-electron chi connectivity index (χ3n) is 3.11. The second-order valence-corrected chi connectivity index (χ2v) is 5.47. The molecule has 0 aliphatic heterocycles. The van der Waals surface area contributed by atoms with Gasteiger partial charge in [-0.05, 0) is 24.3 Å². The monoisotopic (exact) mass is 264 g/mol. The highest BCUT2D eigenvalue weighted by Gasteiger charge is 2.29. The molecule has 3 rings (SSSR count). The van der Waals surface area contributed by atoms with Crippen LogP contribution < -0.4 is 0 Å². The van der Waals surface area contributed by atoms with Crippen molar-refractivity contribution < 1.29 is 9.52 Å². The largest absolute Gasteiger partial charge is 0.438 e. The number of hydrogen-bond acceptors (Lipinski definition) is 5. The Morgan fingerprint density at radius 2 is 2.39 bits per heavy atom. The number of hydrogen-bond donors (Lipinski definition) is 1. The van der Waals surface area contributed by atoms with Gasteiger partial charge in [0.15, 0.2) is 5.76 Å². The number of nitrogens with zero attached hydrogens (tertiary/aromatic N) is 2. The fraction of sp³-hybridized carbons (Fsp3) is 0.462. The zero-order valence-electron chi connectivity index (χ0n) is 10.1. The highest BCUT2D eigenvalue weighted by molar-refractivity contribution is 7.13. The molecule has 2 heterocycles. The van der Waals surface area contributed by atoms with Crippen molar-refractivity contribution in [3.63, 3.8) is 0 Å². The summed E-state index contributed by atoms with van der Waals surface area (Å²) >= 11 is 1.65. The summed E-state index contributed by atoms with van der Waals surface area (Å²) in [6.45, 7) is 1.58. The van der Waals surface area contributed by atoms with Crippen molar-refractivity contribution in [3.05, 3.63) is 29.6 Å². The average molecular weight is 264 g/mol. The third kappa shape index (κ3) is 2.63. The Morgan fingerprint density at radius 3 is 3.06 bits per heavy atom. The maximum atomic E-state index is 9.06. The van der Waals surface area contributed by atoms with Crippen LogP contribution >= 0.6 is 11.3 Å². The van der Waals surface area contributed by atoms with E-state index in [0.717, 1.165) is 16.5 Å². The van der Waals surface area contributed by atoms with E-state index >= 15 is 0 Å². The van der Waals surface area contributed by atoms with Crippen LogP contribution in [0.15, 0.2) is 28.1 Å². The SMILES string of the molecule is OCCN(Cc1ncc(-c2cccs2)o1)C1CC1. The first-order chi connectivity index (χ1) is 8.86.